The number of hydrogen-bond acceptors (Lipinski definition) is 4. The highest BCUT2D eigenvalue weighted by molar-refractivity contribution is 5.99. The molecule has 2 N–H and O–H groups in total. The number of piperidine rings is 1. The summed E-state index contributed by atoms with van der Waals surface area (Å²) in [6.07, 6.45) is 8.06. The van der Waals surface area contributed by atoms with Gasteiger partial charge in [0.25, 0.3) is 11.8 Å². The van der Waals surface area contributed by atoms with Gasteiger partial charge in [-0.25, -0.2) is 0 Å². The van der Waals surface area contributed by atoms with Gasteiger partial charge in [0, 0.05) is 12.6 Å². The van der Waals surface area contributed by atoms with E-state index in [1.165, 1.54) is 12.6 Å². The van der Waals surface area contributed by atoms with Crippen LogP contribution in [-0.2, 0) is 4.79 Å². The third kappa shape index (κ3) is 4.30. The molecule has 144 valence electrons. The summed E-state index contributed by atoms with van der Waals surface area (Å²) in [5.74, 6) is -0.0169. The van der Waals surface area contributed by atoms with Crippen LogP contribution in [0.25, 0.3) is 0 Å². The minimum Gasteiger partial charge on any atom is -0.338 e. The van der Waals surface area contributed by atoms with Crippen LogP contribution in [-0.4, -0.2) is 42.4 Å². The zero-order chi connectivity index (χ0) is 19.3. The van der Waals surface area contributed by atoms with Gasteiger partial charge >= 0.3 is 0 Å². The number of rotatable bonds is 4. The van der Waals surface area contributed by atoms with Gasteiger partial charge in [-0.1, -0.05) is 31.4 Å². The number of likely N-dealkylation sites (N-methyl/N-ethyl adjacent to an activating group) is 1. The standard InChI is InChI=1S/C21H28N4O2/c1-25(15-22)20(27)21(11-3-2-4-12-21)24-19(26)18-7-5-16(6-8-18)17-9-13-23-14-10-17/h5-8,17,23H,2-4,9-14H2,1H3,(H,24,26). The molecule has 0 radical (unpaired) electrons. The molecule has 1 heterocycles. The highest BCUT2D eigenvalue weighted by atomic mass is 16.2. The summed E-state index contributed by atoms with van der Waals surface area (Å²) in [6.45, 7) is 2.06. The Morgan fingerprint density at radius 1 is 1.15 bits per heavy atom. The van der Waals surface area contributed by atoms with E-state index in [0.29, 0.717) is 24.3 Å². The van der Waals surface area contributed by atoms with Crippen LogP contribution in [0.3, 0.4) is 0 Å². The lowest BCUT2D eigenvalue weighted by Gasteiger charge is -2.37. The number of benzene rings is 1. The van der Waals surface area contributed by atoms with Gasteiger partial charge in [0.1, 0.15) is 5.54 Å². The van der Waals surface area contributed by atoms with Crippen molar-refractivity contribution in [2.24, 2.45) is 0 Å². The van der Waals surface area contributed by atoms with E-state index in [1.807, 2.05) is 30.5 Å². The normalized spacial score (nSPS) is 19.7. The molecule has 27 heavy (non-hydrogen) atoms. The second kappa shape index (κ2) is 8.53. The van der Waals surface area contributed by atoms with Crippen molar-refractivity contribution in [1.82, 2.24) is 15.5 Å². The number of hydrogen-bond donors (Lipinski definition) is 2. The molecule has 6 heteroatoms. The first kappa shape index (κ1) is 19.4. The summed E-state index contributed by atoms with van der Waals surface area (Å²) in [6, 6.07) is 7.76. The number of nitrogens with zero attached hydrogens (tertiary/aromatic N) is 2. The lowest BCUT2D eigenvalue weighted by molar-refractivity contribution is -0.135. The molecular formula is C21H28N4O2. The Morgan fingerprint density at radius 3 is 2.37 bits per heavy atom. The third-order valence-corrected chi connectivity index (χ3v) is 5.91. The predicted molar refractivity (Wildman–Crippen MR) is 103 cm³/mol. The summed E-state index contributed by atoms with van der Waals surface area (Å²) >= 11 is 0. The van der Waals surface area contributed by atoms with Gasteiger partial charge in [0.2, 0.25) is 0 Å². The largest absolute Gasteiger partial charge is 0.338 e. The van der Waals surface area contributed by atoms with Gasteiger partial charge < -0.3 is 10.6 Å². The van der Waals surface area contributed by atoms with Crippen LogP contribution in [0.5, 0.6) is 0 Å². The Balaban J connectivity index is 1.73. The first-order valence-corrected chi connectivity index (χ1v) is 9.87. The average Bonchev–Trinajstić information content (AvgIpc) is 2.74. The minimum atomic E-state index is -0.965. The Hall–Kier alpha value is -2.39. The van der Waals surface area contributed by atoms with Crippen molar-refractivity contribution in [1.29, 1.82) is 5.26 Å². The Bertz CT molecular complexity index is 711. The Labute approximate surface area is 160 Å². The highest BCUT2D eigenvalue weighted by Crippen LogP contribution is 2.30. The average molecular weight is 368 g/mol. The maximum atomic E-state index is 12.8. The molecule has 1 aromatic carbocycles. The fourth-order valence-corrected chi connectivity index (χ4v) is 4.27. The number of carbonyl (C=O) groups excluding carboxylic acids is 2. The summed E-state index contributed by atoms with van der Waals surface area (Å²) in [7, 11) is 1.46. The SMILES string of the molecule is CN(C#N)C(=O)C1(NC(=O)c2ccc(C3CCNCC3)cc2)CCCCC1. The van der Waals surface area contributed by atoms with Crippen LogP contribution in [0, 0.1) is 11.5 Å². The van der Waals surface area contributed by atoms with E-state index in [2.05, 4.69) is 10.6 Å². The molecule has 2 fully saturated rings. The van der Waals surface area contributed by atoms with Crippen molar-refractivity contribution >= 4 is 11.8 Å². The van der Waals surface area contributed by atoms with Crippen LogP contribution in [0.2, 0.25) is 0 Å². The third-order valence-electron chi connectivity index (χ3n) is 5.91. The predicted octanol–water partition coefficient (Wildman–Crippen LogP) is 2.53. The molecule has 0 unspecified atom stereocenters. The first-order chi connectivity index (χ1) is 13.1. The fourth-order valence-electron chi connectivity index (χ4n) is 4.27. The van der Waals surface area contributed by atoms with Gasteiger partial charge in [-0.05, 0) is 62.4 Å². The maximum absolute atomic E-state index is 12.8. The van der Waals surface area contributed by atoms with Crippen LogP contribution in [0.4, 0.5) is 0 Å². The zero-order valence-electron chi connectivity index (χ0n) is 16.0. The maximum Gasteiger partial charge on any atom is 0.261 e. The van der Waals surface area contributed by atoms with Crippen molar-refractivity contribution in [2.45, 2.75) is 56.4 Å². The summed E-state index contributed by atoms with van der Waals surface area (Å²) in [4.78, 5) is 26.6. The smallest absolute Gasteiger partial charge is 0.261 e. The molecular weight excluding hydrogens is 340 g/mol. The molecule has 1 saturated heterocycles. The molecule has 0 bridgehead atoms. The van der Waals surface area contributed by atoms with E-state index in [-0.39, 0.29) is 11.8 Å². The fraction of sp³-hybridized carbons (Fsp3) is 0.571. The van der Waals surface area contributed by atoms with Crippen LogP contribution in [0.1, 0.15) is 66.8 Å². The molecule has 0 aromatic heterocycles. The van der Waals surface area contributed by atoms with Gasteiger partial charge in [0.05, 0.1) is 0 Å². The second-order valence-corrected chi connectivity index (χ2v) is 7.71. The number of nitrogens with one attached hydrogen (secondary N) is 2. The molecule has 1 saturated carbocycles. The van der Waals surface area contributed by atoms with E-state index in [9.17, 15) is 9.59 Å². The van der Waals surface area contributed by atoms with E-state index >= 15 is 0 Å². The van der Waals surface area contributed by atoms with E-state index in [4.69, 9.17) is 5.26 Å². The molecule has 6 nitrogen and oxygen atoms in total. The summed E-state index contributed by atoms with van der Waals surface area (Å²) < 4.78 is 0. The summed E-state index contributed by atoms with van der Waals surface area (Å²) in [5.41, 5.74) is 0.860. The number of amides is 2. The number of nitriles is 1. The number of carbonyl (C=O) groups is 2. The van der Waals surface area contributed by atoms with Crippen molar-refractivity contribution in [3.05, 3.63) is 35.4 Å². The van der Waals surface area contributed by atoms with E-state index in [0.717, 1.165) is 50.1 Å². The van der Waals surface area contributed by atoms with E-state index in [1.54, 1.807) is 0 Å². The van der Waals surface area contributed by atoms with Gasteiger partial charge in [0.15, 0.2) is 6.19 Å². The lowest BCUT2D eigenvalue weighted by Crippen LogP contribution is -2.59. The minimum absolute atomic E-state index is 0.242. The highest BCUT2D eigenvalue weighted by Gasteiger charge is 2.42. The monoisotopic (exact) mass is 368 g/mol. The van der Waals surface area contributed by atoms with Crippen molar-refractivity contribution in [2.75, 3.05) is 20.1 Å². The molecule has 1 aromatic rings. The second-order valence-electron chi connectivity index (χ2n) is 7.71. The van der Waals surface area contributed by atoms with Crippen molar-refractivity contribution in [3.8, 4) is 6.19 Å². The topological polar surface area (TPSA) is 85.2 Å². The van der Waals surface area contributed by atoms with Crippen LogP contribution < -0.4 is 10.6 Å². The van der Waals surface area contributed by atoms with E-state index < -0.39 is 5.54 Å². The summed E-state index contributed by atoms with van der Waals surface area (Å²) in [5, 5.41) is 15.4. The first-order valence-electron chi connectivity index (χ1n) is 9.87. The van der Waals surface area contributed by atoms with Crippen molar-refractivity contribution < 1.29 is 9.59 Å². The van der Waals surface area contributed by atoms with Crippen LogP contribution >= 0.6 is 0 Å². The van der Waals surface area contributed by atoms with Gasteiger partial charge in [-0.2, -0.15) is 5.26 Å². The molecule has 0 atom stereocenters. The Morgan fingerprint density at radius 2 is 1.78 bits per heavy atom. The van der Waals surface area contributed by atoms with Crippen LogP contribution in [0.15, 0.2) is 24.3 Å². The van der Waals surface area contributed by atoms with Gasteiger partial charge in [-0.15, -0.1) is 0 Å². The molecule has 3 rings (SSSR count). The van der Waals surface area contributed by atoms with Gasteiger partial charge in [-0.3, -0.25) is 14.5 Å². The lowest BCUT2D eigenvalue weighted by atomic mass is 9.80. The molecule has 1 aliphatic carbocycles. The molecule has 2 amide bonds. The van der Waals surface area contributed by atoms with Crippen molar-refractivity contribution in [3.63, 3.8) is 0 Å². The Kier molecular flexibility index (Phi) is 6.12. The zero-order valence-corrected chi connectivity index (χ0v) is 16.0. The quantitative estimate of drug-likeness (QED) is 0.632. The molecule has 0 spiro atoms. The molecule has 1 aliphatic heterocycles. The molecule has 2 aliphatic rings.